The third-order valence-corrected chi connectivity index (χ3v) is 5.74. The summed E-state index contributed by atoms with van der Waals surface area (Å²) in [6.07, 6.45) is 4.20. The normalized spacial score (nSPS) is 27.6. The maximum atomic E-state index is 6.13. The van der Waals surface area contributed by atoms with Gasteiger partial charge in [-0.3, -0.25) is 11.3 Å². The average Bonchev–Trinajstić information content (AvgIpc) is 2.87. The first-order valence-electron chi connectivity index (χ1n) is 7.47. The van der Waals surface area contributed by atoms with Crippen molar-refractivity contribution < 1.29 is 9.47 Å². The summed E-state index contributed by atoms with van der Waals surface area (Å²) in [5, 5.41) is 0. The summed E-state index contributed by atoms with van der Waals surface area (Å²) < 4.78 is 11.6. The number of hydrogen-bond donors (Lipinski definition) is 2. The molecule has 2 atom stereocenters. The second-order valence-electron chi connectivity index (χ2n) is 5.99. The molecule has 5 heteroatoms. The summed E-state index contributed by atoms with van der Waals surface area (Å²) in [5.41, 5.74) is 3.08. The molecule has 0 aliphatic carbocycles. The first-order valence-corrected chi connectivity index (χ1v) is 8.28. The molecule has 0 bridgehead atoms. The highest BCUT2D eigenvalue weighted by molar-refractivity contribution is 7.12. The Hall–Kier alpha value is -0.460. The van der Waals surface area contributed by atoms with E-state index in [2.05, 4.69) is 24.5 Å². The zero-order chi connectivity index (χ0) is 14.0. The van der Waals surface area contributed by atoms with Gasteiger partial charge in [-0.2, -0.15) is 0 Å². The van der Waals surface area contributed by atoms with Crippen LogP contribution in [0.25, 0.3) is 0 Å². The number of nitrogens with one attached hydrogen (secondary N) is 1. The zero-order valence-electron chi connectivity index (χ0n) is 12.1. The Morgan fingerprint density at radius 3 is 2.80 bits per heavy atom. The molecule has 0 amide bonds. The smallest absolute Gasteiger partial charge is 0.0729 e. The van der Waals surface area contributed by atoms with E-state index in [0.29, 0.717) is 5.92 Å². The van der Waals surface area contributed by atoms with Gasteiger partial charge in [-0.05, 0) is 50.7 Å². The van der Waals surface area contributed by atoms with Crippen molar-refractivity contribution >= 4 is 11.3 Å². The fourth-order valence-corrected chi connectivity index (χ4v) is 4.54. The maximum absolute atomic E-state index is 6.13. The fourth-order valence-electron chi connectivity index (χ4n) is 3.51. The molecule has 0 radical (unpaired) electrons. The Labute approximate surface area is 124 Å². The molecule has 1 aromatic heterocycles. The molecule has 1 spiro atoms. The van der Waals surface area contributed by atoms with Crippen LogP contribution in [0.3, 0.4) is 0 Å². The standard InChI is InChI=1S/C15H24N2O2S/c1-11-2-3-13(20-11)14(17-16)12-4-7-19-15(10-12)5-8-18-9-6-15/h2-3,12,14,17H,4-10,16H2,1H3. The summed E-state index contributed by atoms with van der Waals surface area (Å²) in [7, 11) is 0. The first-order chi connectivity index (χ1) is 9.72. The SMILES string of the molecule is Cc1ccc(C(NN)C2CCOC3(CCOCC3)C2)s1. The fraction of sp³-hybridized carbons (Fsp3) is 0.733. The van der Waals surface area contributed by atoms with Gasteiger partial charge in [0.15, 0.2) is 0 Å². The summed E-state index contributed by atoms with van der Waals surface area (Å²) in [5.74, 6) is 6.40. The van der Waals surface area contributed by atoms with E-state index in [1.165, 1.54) is 9.75 Å². The largest absolute Gasteiger partial charge is 0.381 e. The van der Waals surface area contributed by atoms with Crippen LogP contribution in [0.4, 0.5) is 0 Å². The van der Waals surface area contributed by atoms with Crippen LogP contribution in [0.2, 0.25) is 0 Å². The van der Waals surface area contributed by atoms with E-state index < -0.39 is 0 Å². The molecule has 2 fully saturated rings. The summed E-state index contributed by atoms with van der Waals surface area (Å²) in [6.45, 7) is 4.63. The lowest BCUT2D eigenvalue weighted by molar-refractivity contribution is -0.150. The van der Waals surface area contributed by atoms with E-state index >= 15 is 0 Å². The number of thiophene rings is 1. The maximum Gasteiger partial charge on any atom is 0.0729 e. The van der Waals surface area contributed by atoms with E-state index in [9.17, 15) is 0 Å². The van der Waals surface area contributed by atoms with Crippen LogP contribution in [0.5, 0.6) is 0 Å². The van der Waals surface area contributed by atoms with Crippen LogP contribution in [-0.4, -0.2) is 25.4 Å². The molecular weight excluding hydrogens is 272 g/mol. The van der Waals surface area contributed by atoms with Gasteiger partial charge in [-0.1, -0.05) is 0 Å². The average molecular weight is 296 g/mol. The third-order valence-electron chi connectivity index (χ3n) is 4.65. The highest BCUT2D eigenvalue weighted by Crippen LogP contribution is 2.42. The molecular formula is C15H24N2O2S. The minimum Gasteiger partial charge on any atom is -0.381 e. The van der Waals surface area contributed by atoms with Gasteiger partial charge < -0.3 is 9.47 Å². The summed E-state index contributed by atoms with van der Waals surface area (Å²) in [6, 6.07) is 4.63. The van der Waals surface area contributed by atoms with Crippen LogP contribution in [0.15, 0.2) is 12.1 Å². The molecule has 3 N–H and O–H groups in total. The van der Waals surface area contributed by atoms with Crippen LogP contribution < -0.4 is 11.3 Å². The lowest BCUT2D eigenvalue weighted by Crippen LogP contribution is -2.47. The van der Waals surface area contributed by atoms with Gasteiger partial charge >= 0.3 is 0 Å². The van der Waals surface area contributed by atoms with Gasteiger partial charge in [0, 0.05) is 29.6 Å². The number of ether oxygens (including phenoxy) is 2. The minimum absolute atomic E-state index is 0.0303. The van der Waals surface area contributed by atoms with Crippen molar-refractivity contribution in [2.45, 2.75) is 44.2 Å². The predicted molar refractivity (Wildman–Crippen MR) is 80.6 cm³/mol. The number of hydrogen-bond acceptors (Lipinski definition) is 5. The highest BCUT2D eigenvalue weighted by atomic mass is 32.1. The molecule has 112 valence electrons. The summed E-state index contributed by atoms with van der Waals surface area (Å²) in [4.78, 5) is 2.69. The molecule has 2 aliphatic heterocycles. The Kier molecular flexibility index (Phi) is 4.43. The molecule has 0 saturated carbocycles. The van der Waals surface area contributed by atoms with Crippen molar-refractivity contribution in [1.82, 2.24) is 5.43 Å². The molecule has 2 unspecified atom stereocenters. The molecule has 3 rings (SSSR count). The zero-order valence-corrected chi connectivity index (χ0v) is 12.9. The second-order valence-corrected chi connectivity index (χ2v) is 7.31. The summed E-state index contributed by atoms with van der Waals surface area (Å²) >= 11 is 1.84. The number of rotatable bonds is 3. The molecule has 2 saturated heterocycles. The van der Waals surface area contributed by atoms with Crippen molar-refractivity contribution in [2.24, 2.45) is 11.8 Å². The molecule has 0 aromatic carbocycles. The number of aryl methyl sites for hydroxylation is 1. The Balaban J connectivity index is 1.74. The van der Waals surface area contributed by atoms with Crippen molar-refractivity contribution in [3.63, 3.8) is 0 Å². The van der Waals surface area contributed by atoms with Crippen molar-refractivity contribution in [2.75, 3.05) is 19.8 Å². The van der Waals surface area contributed by atoms with Crippen LogP contribution in [0, 0.1) is 12.8 Å². The Bertz CT molecular complexity index is 437. The number of nitrogens with two attached hydrogens (primary N) is 1. The first kappa shape index (κ1) is 14.5. The lowest BCUT2D eigenvalue weighted by atomic mass is 9.77. The van der Waals surface area contributed by atoms with Crippen molar-refractivity contribution in [3.8, 4) is 0 Å². The van der Waals surface area contributed by atoms with Crippen molar-refractivity contribution in [1.29, 1.82) is 0 Å². The van der Waals surface area contributed by atoms with Gasteiger partial charge in [0.05, 0.1) is 11.6 Å². The second kappa shape index (κ2) is 6.12. The highest BCUT2D eigenvalue weighted by Gasteiger charge is 2.41. The topological polar surface area (TPSA) is 56.5 Å². The predicted octanol–water partition coefficient (Wildman–Crippen LogP) is 2.54. The molecule has 1 aromatic rings. The Morgan fingerprint density at radius 1 is 1.35 bits per heavy atom. The monoisotopic (exact) mass is 296 g/mol. The molecule has 4 nitrogen and oxygen atoms in total. The molecule has 3 heterocycles. The number of hydrazine groups is 1. The Morgan fingerprint density at radius 2 is 2.15 bits per heavy atom. The van der Waals surface area contributed by atoms with Gasteiger partial charge in [-0.25, -0.2) is 0 Å². The van der Waals surface area contributed by atoms with Gasteiger partial charge in [0.1, 0.15) is 0 Å². The van der Waals surface area contributed by atoms with E-state index in [-0.39, 0.29) is 11.6 Å². The van der Waals surface area contributed by atoms with E-state index in [0.717, 1.165) is 45.5 Å². The lowest BCUT2D eigenvalue weighted by Gasteiger charge is -2.45. The third kappa shape index (κ3) is 2.92. The molecule has 20 heavy (non-hydrogen) atoms. The van der Waals surface area contributed by atoms with E-state index in [1.807, 2.05) is 11.3 Å². The van der Waals surface area contributed by atoms with Crippen LogP contribution in [-0.2, 0) is 9.47 Å². The van der Waals surface area contributed by atoms with Gasteiger partial charge in [-0.15, -0.1) is 11.3 Å². The quantitative estimate of drug-likeness (QED) is 0.665. The molecule has 2 aliphatic rings. The van der Waals surface area contributed by atoms with Gasteiger partial charge in [0.2, 0.25) is 0 Å². The van der Waals surface area contributed by atoms with E-state index in [1.54, 1.807) is 0 Å². The van der Waals surface area contributed by atoms with Crippen molar-refractivity contribution in [3.05, 3.63) is 21.9 Å². The van der Waals surface area contributed by atoms with Crippen LogP contribution in [0.1, 0.15) is 41.5 Å². The van der Waals surface area contributed by atoms with Gasteiger partial charge in [0.25, 0.3) is 0 Å². The minimum atomic E-state index is 0.0303. The van der Waals surface area contributed by atoms with E-state index in [4.69, 9.17) is 15.3 Å². The van der Waals surface area contributed by atoms with Crippen LogP contribution >= 0.6 is 11.3 Å².